The van der Waals surface area contributed by atoms with Crippen molar-refractivity contribution in [2.24, 2.45) is 5.92 Å². The van der Waals surface area contributed by atoms with Gasteiger partial charge >= 0.3 is 5.97 Å². The number of hydrogen-bond acceptors (Lipinski definition) is 4. The molecule has 0 bridgehead atoms. The van der Waals surface area contributed by atoms with Gasteiger partial charge in [0.2, 0.25) is 0 Å². The molecule has 4 nitrogen and oxygen atoms in total. The number of esters is 1. The van der Waals surface area contributed by atoms with Gasteiger partial charge in [-0.1, -0.05) is 12.1 Å². The fourth-order valence-corrected chi connectivity index (χ4v) is 2.76. The molecule has 1 aliphatic rings. The van der Waals surface area contributed by atoms with Gasteiger partial charge in [0.05, 0.1) is 12.7 Å². The van der Waals surface area contributed by atoms with Gasteiger partial charge < -0.3 is 15.0 Å². The molecular formula is C16H25ClN2O2. The number of methoxy groups -OCH3 is 1. The number of halogens is 1. The average Bonchev–Trinajstić information content (AvgIpc) is 2.48. The lowest BCUT2D eigenvalue weighted by Gasteiger charge is -2.27. The molecule has 1 atom stereocenters. The second-order valence-corrected chi connectivity index (χ2v) is 5.60. The highest BCUT2D eigenvalue weighted by Gasteiger charge is 2.15. The van der Waals surface area contributed by atoms with Crippen molar-refractivity contribution in [3.63, 3.8) is 0 Å². The summed E-state index contributed by atoms with van der Waals surface area (Å²) in [6.07, 6.45) is 2.60. The first-order valence-corrected chi connectivity index (χ1v) is 7.25. The van der Waals surface area contributed by atoms with E-state index in [0.29, 0.717) is 5.56 Å². The maximum Gasteiger partial charge on any atom is 0.337 e. The van der Waals surface area contributed by atoms with E-state index in [1.807, 2.05) is 24.3 Å². The van der Waals surface area contributed by atoms with Crippen molar-refractivity contribution in [2.45, 2.75) is 19.4 Å². The van der Waals surface area contributed by atoms with Gasteiger partial charge in [0.25, 0.3) is 0 Å². The van der Waals surface area contributed by atoms with Crippen LogP contribution in [0.5, 0.6) is 0 Å². The Bertz CT molecular complexity index is 430. The molecule has 118 valence electrons. The highest BCUT2D eigenvalue weighted by molar-refractivity contribution is 5.89. The van der Waals surface area contributed by atoms with Crippen LogP contribution in [-0.2, 0) is 11.3 Å². The van der Waals surface area contributed by atoms with Crippen molar-refractivity contribution in [1.29, 1.82) is 0 Å². The van der Waals surface area contributed by atoms with Crippen LogP contribution in [-0.4, -0.2) is 44.7 Å². The number of piperidine rings is 1. The van der Waals surface area contributed by atoms with Crippen molar-refractivity contribution in [3.05, 3.63) is 35.4 Å². The Morgan fingerprint density at radius 1 is 1.38 bits per heavy atom. The molecule has 1 aliphatic heterocycles. The Balaban J connectivity index is 0.00000220. The van der Waals surface area contributed by atoms with Crippen LogP contribution in [0.4, 0.5) is 0 Å². The largest absolute Gasteiger partial charge is 0.465 e. The minimum absolute atomic E-state index is 0. The van der Waals surface area contributed by atoms with E-state index in [0.717, 1.165) is 32.1 Å². The first kappa shape index (κ1) is 18.0. The summed E-state index contributed by atoms with van der Waals surface area (Å²) < 4.78 is 4.70. The molecule has 1 unspecified atom stereocenters. The van der Waals surface area contributed by atoms with Gasteiger partial charge in [-0.3, -0.25) is 0 Å². The topological polar surface area (TPSA) is 41.6 Å². The number of hydrogen-bond donors (Lipinski definition) is 1. The van der Waals surface area contributed by atoms with E-state index in [2.05, 4.69) is 17.3 Å². The highest BCUT2D eigenvalue weighted by Crippen LogP contribution is 2.13. The summed E-state index contributed by atoms with van der Waals surface area (Å²) in [5, 5.41) is 3.45. The normalized spacial score (nSPS) is 18.1. The number of rotatable bonds is 5. The van der Waals surface area contributed by atoms with Gasteiger partial charge in [0.1, 0.15) is 0 Å². The van der Waals surface area contributed by atoms with E-state index in [1.54, 1.807) is 0 Å². The second-order valence-electron chi connectivity index (χ2n) is 5.60. The Hall–Kier alpha value is -1.10. The third-order valence-electron chi connectivity index (χ3n) is 3.80. The minimum atomic E-state index is -0.279. The van der Waals surface area contributed by atoms with E-state index in [1.165, 1.54) is 25.5 Å². The van der Waals surface area contributed by atoms with E-state index in [9.17, 15) is 4.79 Å². The quantitative estimate of drug-likeness (QED) is 0.847. The van der Waals surface area contributed by atoms with Gasteiger partial charge in [-0.05, 0) is 56.6 Å². The number of nitrogens with one attached hydrogen (secondary N) is 1. The molecule has 1 aromatic carbocycles. The predicted octanol–water partition coefficient (Wildman–Crippen LogP) is 2.33. The number of carbonyl (C=O) groups excluding carboxylic acids is 1. The highest BCUT2D eigenvalue weighted by atomic mass is 35.5. The molecule has 0 radical (unpaired) electrons. The Labute approximate surface area is 133 Å². The van der Waals surface area contributed by atoms with Crippen LogP contribution in [0.25, 0.3) is 0 Å². The molecule has 1 aromatic rings. The van der Waals surface area contributed by atoms with Crippen molar-refractivity contribution in [1.82, 2.24) is 10.2 Å². The summed E-state index contributed by atoms with van der Waals surface area (Å²) in [4.78, 5) is 13.7. The maximum atomic E-state index is 11.4. The lowest BCUT2D eigenvalue weighted by Crippen LogP contribution is -2.36. The number of nitrogens with zero attached hydrogens (tertiary/aromatic N) is 1. The summed E-state index contributed by atoms with van der Waals surface area (Å²) in [5.41, 5.74) is 1.83. The van der Waals surface area contributed by atoms with Crippen LogP contribution in [0.3, 0.4) is 0 Å². The van der Waals surface area contributed by atoms with Crippen LogP contribution in [0.15, 0.2) is 24.3 Å². The first-order valence-electron chi connectivity index (χ1n) is 7.25. The van der Waals surface area contributed by atoms with Gasteiger partial charge in [-0.2, -0.15) is 0 Å². The molecule has 1 saturated heterocycles. The average molecular weight is 313 g/mol. The SMILES string of the molecule is COC(=O)c1ccc(CN(C)CC2CCCNC2)cc1.Cl. The number of carbonyl (C=O) groups is 1. The second kappa shape index (κ2) is 9.03. The maximum absolute atomic E-state index is 11.4. The summed E-state index contributed by atoms with van der Waals surface area (Å²) in [6.45, 7) is 4.32. The van der Waals surface area contributed by atoms with Crippen molar-refractivity contribution < 1.29 is 9.53 Å². The van der Waals surface area contributed by atoms with Crippen molar-refractivity contribution in [3.8, 4) is 0 Å². The van der Waals surface area contributed by atoms with Crippen LogP contribution >= 0.6 is 12.4 Å². The smallest absolute Gasteiger partial charge is 0.337 e. The van der Waals surface area contributed by atoms with Crippen LogP contribution in [0.2, 0.25) is 0 Å². The predicted molar refractivity (Wildman–Crippen MR) is 87.0 cm³/mol. The molecule has 1 N–H and O–H groups in total. The number of benzene rings is 1. The minimum Gasteiger partial charge on any atom is -0.465 e. The molecule has 0 aromatic heterocycles. The van der Waals surface area contributed by atoms with Crippen molar-refractivity contribution >= 4 is 18.4 Å². The summed E-state index contributed by atoms with van der Waals surface area (Å²) in [5.74, 6) is 0.473. The zero-order valence-corrected chi connectivity index (χ0v) is 13.6. The van der Waals surface area contributed by atoms with Crippen LogP contribution < -0.4 is 5.32 Å². The lowest BCUT2D eigenvalue weighted by atomic mass is 9.99. The molecule has 2 rings (SSSR count). The third kappa shape index (κ3) is 5.65. The molecule has 0 aliphatic carbocycles. The standard InChI is InChI=1S/C16H24N2O2.ClH/c1-18(12-14-4-3-9-17-10-14)11-13-5-7-15(8-6-13)16(19)20-2;/h5-8,14,17H,3-4,9-12H2,1-2H3;1H. The molecule has 5 heteroatoms. The molecule has 0 spiro atoms. The van der Waals surface area contributed by atoms with Gasteiger partial charge in [0, 0.05) is 13.1 Å². The van der Waals surface area contributed by atoms with Crippen LogP contribution in [0.1, 0.15) is 28.8 Å². The Morgan fingerprint density at radius 3 is 2.67 bits per heavy atom. The van der Waals surface area contributed by atoms with E-state index >= 15 is 0 Å². The van der Waals surface area contributed by atoms with Crippen LogP contribution in [0, 0.1) is 5.92 Å². The summed E-state index contributed by atoms with van der Waals surface area (Å²) in [7, 11) is 3.56. The zero-order chi connectivity index (χ0) is 14.4. The summed E-state index contributed by atoms with van der Waals surface area (Å²) in [6, 6.07) is 7.66. The molecule has 0 amide bonds. The lowest BCUT2D eigenvalue weighted by molar-refractivity contribution is 0.0600. The Kier molecular flexibility index (Phi) is 7.72. The molecule has 1 fully saturated rings. The Morgan fingerprint density at radius 2 is 2.10 bits per heavy atom. The molecule has 1 heterocycles. The molecular weight excluding hydrogens is 288 g/mol. The molecule has 0 saturated carbocycles. The van der Waals surface area contributed by atoms with Crippen molar-refractivity contribution in [2.75, 3.05) is 33.8 Å². The van der Waals surface area contributed by atoms with E-state index in [-0.39, 0.29) is 18.4 Å². The summed E-state index contributed by atoms with van der Waals surface area (Å²) >= 11 is 0. The fourth-order valence-electron chi connectivity index (χ4n) is 2.76. The monoisotopic (exact) mass is 312 g/mol. The molecule has 21 heavy (non-hydrogen) atoms. The van der Waals surface area contributed by atoms with E-state index < -0.39 is 0 Å². The van der Waals surface area contributed by atoms with E-state index in [4.69, 9.17) is 4.74 Å². The third-order valence-corrected chi connectivity index (χ3v) is 3.80. The zero-order valence-electron chi connectivity index (χ0n) is 12.8. The number of ether oxygens (including phenoxy) is 1. The fraction of sp³-hybridized carbons (Fsp3) is 0.562. The first-order chi connectivity index (χ1) is 9.69. The van der Waals surface area contributed by atoms with Gasteiger partial charge in [0.15, 0.2) is 0 Å². The van der Waals surface area contributed by atoms with Gasteiger partial charge in [-0.15, -0.1) is 12.4 Å². The van der Waals surface area contributed by atoms with Gasteiger partial charge in [-0.25, -0.2) is 4.79 Å².